The summed E-state index contributed by atoms with van der Waals surface area (Å²) >= 11 is 5.82. The molecule has 2 N–H and O–H groups in total. The SMILES string of the molecule is CCCn1nccc1C(N)c1cc(Br)ccc1I. The van der Waals surface area contributed by atoms with E-state index >= 15 is 0 Å². The van der Waals surface area contributed by atoms with Crippen LogP contribution in [0.4, 0.5) is 0 Å². The Morgan fingerprint density at radius 1 is 1.44 bits per heavy atom. The first-order chi connectivity index (χ1) is 8.63. The number of nitrogens with zero attached hydrogens (tertiary/aromatic N) is 2. The fourth-order valence-electron chi connectivity index (χ4n) is 1.92. The van der Waals surface area contributed by atoms with Crippen molar-refractivity contribution in [1.29, 1.82) is 0 Å². The van der Waals surface area contributed by atoms with Gasteiger partial charge in [0.25, 0.3) is 0 Å². The maximum Gasteiger partial charge on any atom is 0.0733 e. The second-order valence-corrected chi connectivity index (χ2v) is 6.20. The lowest BCUT2D eigenvalue weighted by Gasteiger charge is -2.16. The normalized spacial score (nSPS) is 12.7. The number of hydrogen-bond donors (Lipinski definition) is 1. The lowest BCUT2D eigenvalue weighted by molar-refractivity contribution is 0.559. The molecule has 3 nitrogen and oxygen atoms in total. The van der Waals surface area contributed by atoms with Gasteiger partial charge in [0.2, 0.25) is 0 Å². The highest BCUT2D eigenvalue weighted by Crippen LogP contribution is 2.27. The van der Waals surface area contributed by atoms with Crippen molar-refractivity contribution in [3.63, 3.8) is 0 Å². The Morgan fingerprint density at radius 2 is 2.22 bits per heavy atom. The van der Waals surface area contributed by atoms with Crippen LogP contribution in [-0.2, 0) is 6.54 Å². The Morgan fingerprint density at radius 3 is 2.94 bits per heavy atom. The van der Waals surface area contributed by atoms with Crippen LogP contribution in [0.1, 0.15) is 30.6 Å². The molecule has 0 fully saturated rings. The molecule has 0 aliphatic heterocycles. The zero-order chi connectivity index (χ0) is 13.1. The molecule has 96 valence electrons. The van der Waals surface area contributed by atoms with Crippen LogP contribution in [0.2, 0.25) is 0 Å². The maximum absolute atomic E-state index is 6.38. The van der Waals surface area contributed by atoms with Crippen LogP contribution in [0.3, 0.4) is 0 Å². The van der Waals surface area contributed by atoms with Crippen LogP contribution in [0, 0.1) is 3.57 Å². The number of aryl methyl sites for hydroxylation is 1. The third-order valence-electron chi connectivity index (χ3n) is 2.80. The second kappa shape index (κ2) is 6.16. The number of halogens is 2. The van der Waals surface area contributed by atoms with E-state index in [9.17, 15) is 0 Å². The van der Waals surface area contributed by atoms with E-state index in [0.717, 1.165) is 28.7 Å². The average Bonchev–Trinajstić information content (AvgIpc) is 2.80. The highest BCUT2D eigenvalue weighted by molar-refractivity contribution is 14.1. The van der Waals surface area contributed by atoms with Crippen molar-refractivity contribution in [2.24, 2.45) is 5.73 Å². The average molecular weight is 420 g/mol. The van der Waals surface area contributed by atoms with E-state index in [4.69, 9.17) is 5.73 Å². The predicted molar refractivity (Wildman–Crippen MR) is 85.4 cm³/mol. The van der Waals surface area contributed by atoms with Gasteiger partial charge in [0, 0.05) is 20.8 Å². The maximum atomic E-state index is 6.38. The number of nitrogens with two attached hydrogens (primary N) is 1. The summed E-state index contributed by atoms with van der Waals surface area (Å²) in [4.78, 5) is 0. The Labute approximate surface area is 129 Å². The number of aromatic nitrogens is 2. The first kappa shape index (κ1) is 14.0. The van der Waals surface area contributed by atoms with Gasteiger partial charge in [-0.3, -0.25) is 4.68 Å². The fraction of sp³-hybridized carbons (Fsp3) is 0.308. The van der Waals surface area contributed by atoms with Crippen molar-refractivity contribution in [1.82, 2.24) is 9.78 Å². The standard InChI is InChI=1S/C13H15BrIN3/c1-2-7-18-12(5-6-17-18)13(16)10-8-9(14)3-4-11(10)15/h3-6,8,13H,2,7,16H2,1H3. The first-order valence-electron chi connectivity index (χ1n) is 5.85. The van der Waals surface area contributed by atoms with Crippen LogP contribution < -0.4 is 5.73 Å². The van der Waals surface area contributed by atoms with Crippen LogP contribution in [0.25, 0.3) is 0 Å². The third-order valence-corrected chi connectivity index (χ3v) is 4.27. The summed E-state index contributed by atoms with van der Waals surface area (Å²) in [5.41, 5.74) is 8.57. The monoisotopic (exact) mass is 419 g/mol. The molecule has 1 aromatic heterocycles. The van der Waals surface area contributed by atoms with E-state index in [1.165, 1.54) is 3.57 Å². The first-order valence-corrected chi connectivity index (χ1v) is 7.73. The molecule has 18 heavy (non-hydrogen) atoms. The Balaban J connectivity index is 2.38. The van der Waals surface area contributed by atoms with Crippen molar-refractivity contribution in [2.75, 3.05) is 0 Å². The third kappa shape index (κ3) is 2.95. The molecule has 0 aliphatic rings. The summed E-state index contributed by atoms with van der Waals surface area (Å²) in [6, 6.07) is 8.04. The van der Waals surface area contributed by atoms with E-state index in [1.54, 1.807) is 0 Å². The fourth-order valence-corrected chi connectivity index (χ4v) is 2.97. The molecule has 0 bridgehead atoms. The largest absolute Gasteiger partial charge is 0.319 e. The molecule has 2 rings (SSSR count). The van der Waals surface area contributed by atoms with E-state index in [-0.39, 0.29) is 6.04 Å². The zero-order valence-corrected chi connectivity index (χ0v) is 13.8. The minimum absolute atomic E-state index is 0.136. The van der Waals surface area contributed by atoms with E-state index < -0.39 is 0 Å². The minimum atomic E-state index is -0.136. The van der Waals surface area contributed by atoms with Crippen molar-refractivity contribution in [2.45, 2.75) is 25.9 Å². The lowest BCUT2D eigenvalue weighted by Crippen LogP contribution is -2.18. The van der Waals surface area contributed by atoms with Crippen molar-refractivity contribution in [3.8, 4) is 0 Å². The summed E-state index contributed by atoms with van der Waals surface area (Å²) < 4.78 is 4.21. The second-order valence-electron chi connectivity index (χ2n) is 4.12. The summed E-state index contributed by atoms with van der Waals surface area (Å²) in [6.07, 6.45) is 2.87. The molecule has 5 heteroatoms. The van der Waals surface area contributed by atoms with Gasteiger partial charge in [-0.1, -0.05) is 22.9 Å². The van der Waals surface area contributed by atoms with Crippen LogP contribution in [-0.4, -0.2) is 9.78 Å². The quantitative estimate of drug-likeness (QED) is 0.767. The summed E-state index contributed by atoms with van der Waals surface area (Å²) in [5, 5.41) is 4.33. The predicted octanol–water partition coefficient (Wildman–Crippen LogP) is 3.71. The number of rotatable bonds is 4. The van der Waals surface area contributed by atoms with Gasteiger partial charge in [0.1, 0.15) is 0 Å². The van der Waals surface area contributed by atoms with Gasteiger partial charge < -0.3 is 5.73 Å². The molecule has 0 saturated carbocycles. The van der Waals surface area contributed by atoms with Gasteiger partial charge in [-0.2, -0.15) is 5.10 Å². The van der Waals surface area contributed by atoms with E-state index in [0.29, 0.717) is 0 Å². The molecule has 0 amide bonds. The van der Waals surface area contributed by atoms with Crippen LogP contribution >= 0.6 is 38.5 Å². The molecular weight excluding hydrogens is 405 g/mol. The molecular formula is C13H15BrIN3. The topological polar surface area (TPSA) is 43.8 Å². The van der Waals surface area contributed by atoms with E-state index in [1.807, 2.05) is 23.0 Å². The van der Waals surface area contributed by atoms with Gasteiger partial charge >= 0.3 is 0 Å². The van der Waals surface area contributed by atoms with Crippen molar-refractivity contribution >= 4 is 38.5 Å². The number of hydrogen-bond acceptors (Lipinski definition) is 2. The molecule has 0 radical (unpaired) electrons. The Kier molecular flexibility index (Phi) is 4.80. The number of benzene rings is 1. The van der Waals surface area contributed by atoms with Gasteiger partial charge in [-0.25, -0.2) is 0 Å². The minimum Gasteiger partial charge on any atom is -0.319 e. The highest BCUT2D eigenvalue weighted by Gasteiger charge is 2.16. The molecule has 1 unspecified atom stereocenters. The van der Waals surface area contributed by atoms with Crippen LogP contribution in [0.5, 0.6) is 0 Å². The van der Waals surface area contributed by atoms with E-state index in [2.05, 4.69) is 62.7 Å². The Bertz CT molecular complexity index is 539. The van der Waals surface area contributed by atoms with Crippen molar-refractivity contribution < 1.29 is 0 Å². The molecule has 0 spiro atoms. The summed E-state index contributed by atoms with van der Waals surface area (Å²) in [7, 11) is 0. The van der Waals surface area contributed by atoms with Gasteiger partial charge in [0.05, 0.1) is 11.7 Å². The lowest BCUT2D eigenvalue weighted by atomic mass is 10.0. The van der Waals surface area contributed by atoms with Gasteiger partial charge in [-0.05, 0) is 58.8 Å². The molecule has 1 aromatic carbocycles. The summed E-state index contributed by atoms with van der Waals surface area (Å²) in [6.45, 7) is 3.04. The van der Waals surface area contributed by atoms with Gasteiger partial charge in [-0.15, -0.1) is 0 Å². The molecule has 0 saturated heterocycles. The highest BCUT2D eigenvalue weighted by atomic mass is 127. The zero-order valence-electron chi connectivity index (χ0n) is 10.1. The molecule has 0 aliphatic carbocycles. The van der Waals surface area contributed by atoms with Crippen LogP contribution in [0.15, 0.2) is 34.9 Å². The van der Waals surface area contributed by atoms with Gasteiger partial charge in [0.15, 0.2) is 0 Å². The summed E-state index contributed by atoms with van der Waals surface area (Å²) in [5.74, 6) is 0. The molecule has 1 atom stereocenters. The molecule has 2 aromatic rings. The molecule has 1 heterocycles. The smallest absolute Gasteiger partial charge is 0.0733 e. The van der Waals surface area contributed by atoms with Crippen molar-refractivity contribution in [3.05, 3.63) is 49.8 Å². The Hall–Kier alpha value is -0.400.